The first-order valence-electron chi connectivity index (χ1n) is 4.50. The normalized spacial score (nSPS) is 10.6. The van der Waals surface area contributed by atoms with Gasteiger partial charge in [0.2, 0.25) is 0 Å². The molecule has 3 heteroatoms. The number of aromatic amines is 1. The monoisotopic (exact) mass is 207 g/mol. The van der Waals surface area contributed by atoms with Gasteiger partial charge in [0.15, 0.2) is 0 Å². The Kier molecular flexibility index (Phi) is 2.55. The van der Waals surface area contributed by atoms with Crippen LogP contribution in [0, 0.1) is 0 Å². The third-order valence-electron chi connectivity index (χ3n) is 2.25. The van der Waals surface area contributed by atoms with Crippen molar-refractivity contribution in [1.29, 1.82) is 0 Å². The molecule has 2 nitrogen and oxygen atoms in total. The number of rotatable bonds is 3. The van der Waals surface area contributed by atoms with E-state index in [4.69, 9.17) is 11.6 Å². The molecule has 2 rings (SSSR count). The van der Waals surface area contributed by atoms with Crippen LogP contribution < -0.4 is 0 Å². The smallest absolute Gasteiger partial charge is 0.120 e. The van der Waals surface area contributed by atoms with E-state index in [9.17, 15) is 4.79 Å². The first kappa shape index (κ1) is 9.28. The van der Waals surface area contributed by atoms with Crippen LogP contribution in [0.5, 0.6) is 0 Å². The van der Waals surface area contributed by atoms with Gasteiger partial charge in [-0.1, -0.05) is 11.6 Å². The molecule has 72 valence electrons. The van der Waals surface area contributed by atoms with Crippen LogP contribution >= 0.6 is 11.6 Å². The number of aromatic nitrogens is 1. The van der Waals surface area contributed by atoms with E-state index in [2.05, 4.69) is 4.98 Å². The van der Waals surface area contributed by atoms with Gasteiger partial charge >= 0.3 is 0 Å². The first-order valence-corrected chi connectivity index (χ1v) is 4.88. The highest BCUT2D eigenvalue weighted by Gasteiger charge is 2.03. The van der Waals surface area contributed by atoms with Crippen molar-refractivity contribution < 1.29 is 4.79 Å². The number of hydrogen-bond acceptors (Lipinski definition) is 1. The van der Waals surface area contributed by atoms with Gasteiger partial charge < -0.3 is 9.78 Å². The largest absolute Gasteiger partial charge is 0.361 e. The van der Waals surface area contributed by atoms with Gasteiger partial charge in [0.1, 0.15) is 6.29 Å². The van der Waals surface area contributed by atoms with Crippen LogP contribution in [-0.2, 0) is 11.2 Å². The Morgan fingerprint density at radius 2 is 2.29 bits per heavy atom. The predicted molar refractivity (Wildman–Crippen MR) is 57.7 cm³/mol. The molecule has 0 atom stereocenters. The van der Waals surface area contributed by atoms with Gasteiger partial charge in [-0.15, -0.1) is 0 Å². The van der Waals surface area contributed by atoms with Gasteiger partial charge in [0.05, 0.1) is 0 Å². The van der Waals surface area contributed by atoms with Crippen LogP contribution in [0.3, 0.4) is 0 Å². The maximum Gasteiger partial charge on any atom is 0.120 e. The summed E-state index contributed by atoms with van der Waals surface area (Å²) < 4.78 is 0. The third-order valence-corrected chi connectivity index (χ3v) is 2.47. The molecule has 1 aromatic carbocycles. The van der Waals surface area contributed by atoms with Crippen LogP contribution in [-0.4, -0.2) is 11.3 Å². The number of carbonyl (C=O) groups is 1. The molecular formula is C11H10ClNO. The molecular weight excluding hydrogens is 198 g/mol. The molecule has 0 aliphatic heterocycles. The number of fused-ring (bicyclic) bond motifs is 1. The summed E-state index contributed by atoms with van der Waals surface area (Å²) in [5, 5.41) is 1.86. The standard InChI is InChI=1S/C11H10ClNO/c12-9-6-8(2-1-5-14)10-3-4-13-11(10)7-9/h3-7,13H,1-2H2. The number of nitrogens with one attached hydrogen (secondary N) is 1. The Labute approximate surface area is 86.9 Å². The van der Waals surface area contributed by atoms with Gasteiger partial charge in [0.25, 0.3) is 0 Å². The summed E-state index contributed by atoms with van der Waals surface area (Å²) in [6.45, 7) is 0. The fraction of sp³-hybridized carbons (Fsp3) is 0.182. The van der Waals surface area contributed by atoms with E-state index in [0.29, 0.717) is 11.4 Å². The summed E-state index contributed by atoms with van der Waals surface area (Å²) >= 11 is 5.95. The van der Waals surface area contributed by atoms with Crippen molar-refractivity contribution >= 4 is 28.8 Å². The van der Waals surface area contributed by atoms with Crippen molar-refractivity contribution in [3.63, 3.8) is 0 Å². The van der Waals surface area contributed by atoms with Crippen molar-refractivity contribution in [2.45, 2.75) is 12.8 Å². The highest BCUT2D eigenvalue weighted by molar-refractivity contribution is 6.31. The van der Waals surface area contributed by atoms with E-state index in [0.717, 1.165) is 29.2 Å². The van der Waals surface area contributed by atoms with Crippen LogP contribution in [0.1, 0.15) is 12.0 Å². The molecule has 0 radical (unpaired) electrons. The third kappa shape index (κ3) is 1.66. The Hall–Kier alpha value is -1.28. The summed E-state index contributed by atoms with van der Waals surface area (Å²) in [6.07, 6.45) is 4.10. The Bertz CT molecular complexity index is 461. The molecule has 0 aliphatic rings. The summed E-state index contributed by atoms with van der Waals surface area (Å²) in [5.41, 5.74) is 2.15. The van der Waals surface area contributed by atoms with Crippen LogP contribution in [0.4, 0.5) is 0 Å². The molecule has 0 fully saturated rings. The van der Waals surface area contributed by atoms with E-state index < -0.39 is 0 Å². The van der Waals surface area contributed by atoms with E-state index >= 15 is 0 Å². The fourth-order valence-corrected chi connectivity index (χ4v) is 1.87. The number of aryl methyl sites for hydroxylation is 1. The number of H-pyrrole nitrogens is 1. The average Bonchev–Trinajstić information content (AvgIpc) is 2.61. The second-order valence-electron chi connectivity index (χ2n) is 3.21. The molecule has 1 heterocycles. The summed E-state index contributed by atoms with van der Waals surface area (Å²) in [4.78, 5) is 13.4. The lowest BCUT2D eigenvalue weighted by atomic mass is 10.1. The van der Waals surface area contributed by atoms with Crippen molar-refractivity contribution in [3.05, 3.63) is 35.0 Å². The number of carbonyl (C=O) groups excluding carboxylic acids is 1. The molecule has 0 unspecified atom stereocenters. The molecule has 1 aromatic heterocycles. The minimum atomic E-state index is 0.542. The molecule has 0 aliphatic carbocycles. The van der Waals surface area contributed by atoms with Crippen LogP contribution in [0.15, 0.2) is 24.4 Å². The second kappa shape index (κ2) is 3.84. The van der Waals surface area contributed by atoms with Crippen LogP contribution in [0.25, 0.3) is 10.9 Å². The molecule has 0 saturated heterocycles. The lowest BCUT2D eigenvalue weighted by Crippen LogP contribution is -1.87. The summed E-state index contributed by atoms with van der Waals surface area (Å²) in [7, 11) is 0. The van der Waals surface area contributed by atoms with E-state index in [1.807, 2.05) is 24.4 Å². The Balaban J connectivity index is 2.49. The summed E-state index contributed by atoms with van der Waals surface area (Å²) in [6, 6.07) is 5.81. The first-order chi connectivity index (χ1) is 6.81. The lowest BCUT2D eigenvalue weighted by molar-refractivity contribution is -0.107. The van der Waals surface area contributed by atoms with Gasteiger partial charge in [-0.3, -0.25) is 0 Å². The van der Waals surface area contributed by atoms with E-state index in [-0.39, 0.29) is 0 Å². The summed E-state index contributed by atoms with van der Waals surface area (Å²) in [5.74, 6) is 0. The quantitative estimate of drug-likeness (QED) is 0.772. The minimum Gasteiger partial charge on any atom is -0.361 e. The highest BCUT2D eigenvalue weighted by Crippen LogP contribution is 2.23. The number of aldehydes is 1. The maximum absolute atomic E-state index is 10.3. The molecule has 0 bridgehead atoms. The van der Waals surface area contributed by atoms with Gasteiger partial charge in [-0.25, -0.2) is 0 Å². The molecule has 2 aromatic rings. The molecule has 0 spiro atoms. The lowest BCUT2D eigenvalue weighted by Gasteiger charge is -2.01. The van der Waals surface area contributed by atoms with E-state index in [1.54, 1.807) is 0 Å². The number of hydrogen-bond donors (Lipinski definition) is 1. The van der Waals surface area contributed by atoms with Gasteiger partial charge in [-0.2, -0.15) is 0 Å². The molecule has 0 amide bonds. The molecule has 1 N–H and O–H groups in total. The highest BCUT2D eigenvalue weighted by atomic mass is 35.5. The Morgan fingerprint density at radius 3 is 3.07 bits per heavy atom. The zero-order valence-electron chi connectivity index (χ0n) is 7.59. The van der Waals surface area contributed by atoms with Gasteiger partial charge in [-0.05, 0) is 30.2 Å². The zero-order valence-corrected chi connectivity index (χ0v) is 8.34. The van der Waals surface area contributed by atoms with Crippen molar-refractivity contribution in [3.8, 4) is 0 Å². The maximum atomic E-state index is 10.3. The van der Waals surface area contributed by atoms with E-state index in [1.165, 1.54) is 0 Å². The second-order valence-corrected chi connectivity index (χ2v) is 3.65. The fourth-order valence-electron chi connectivity index (χ4n) is 1.63. The molecule has 14 heavy (non-hydrogen) atoms. The SMILES string of the molecule is O=CCCc1cc(Cl)cc2[nH]ccc12. The van der Waals surface area contributed by atoms with Crippen LogP contribution in [0.2, 0.25) is 5.02 Å². The predicted octanol–water partition coefficient (Wildman–Crippen LogP) is 2.95. The van der Waals surface area contributed by atoms with Crippen molar-refractivity contribution in [2.24, 2.45) is 0 Å². The van der Waals surface area contributed by atoms with Crippen molar-refractivity contribution in [2.75, 3.05) is 0 Å². The van der Waals surface area contributed by atoms with Gasteiger partial charge in [0, 0.05) is 28.5 Å². The number of halogens is 1. The molecule has 0 saturated carbocycles. The topological polar surface area (TPSA) is 32.9 Å². The average molecular weight is 208 g/mol. The minimum absolute atomic E-state index is 0.542. The van der Waals surface area contributed by atoms with Crippen molar-refractivity contribution in [1.82, 2.24) is 4.98 Å². The number of benzene rings is 1. The Morgan fingerprint density at radius 1 is 1.43 bits per heavy atom. The zero-order chi connectivity index (χ0) is 9.97.